The van der Waals surface area contributed by atoms with Gasteiger partial charge in [0.1, 0.15) is 0 Å². The lowest BCUT2D eigenvalue weighted by atomic mass is 10.1. The molecule has 3 heteroatoms. The molecule has 0 saturated heterocycles. The summed E-state index contributed by atoms with van der Waals surface area (Å²) in [6.07, 6.45) is 11.0. The van der Waals surface area contributed by atoms with E-state index in [1.807, 2.05) is 7.11 Å². The van der Waals surface area contributed by atoms with Crippen molar-refractivity contribution in [3.05, 3.63) is 0 Å². The fourth-order valence-electron chi connectivity index (χ4n) is 3.25. The summed E-state index contributed by atoms with van der Waals surface area (Å²) in [7, 11) is 0.00246. The van der Waals surface area contributed by atoms with E-state index in [9.17, 15) is 0 Å². The predicted octanol–water partition coefficient (Wildman–Crippen LogP) is 3.86. The normalized spacial score (nSPS) is 27.4. The average molecular weight is 242 g/mol. The van der Waals surface area contributed by atoms with Crippen LogP contribution < -0.4 is 0 Å². The van der Waals surface area contributed by atoms with E-state index in [0.717, 1.165) is 18.1 Å². The molecule has 16 heavy (non-hydrogen) atoms. The van der Waals surface area contributed by atoms with E-state index in [2.05, 4.69) is 6.55 Å². The van der Waals surface area contributed by atoms with E-state index in [1.54, 1.807) is 0 Å². The highest BCUT2D eigenvalue weighted by Gasteiger charge is 2.42. The van der Waals surface area contributed by atoms with Gasteiger partial charge in [-0.2, -0.15) is 0 Å². The van der Waals surface area contributed by atoms with E-state index >= 15 is 0 Å². The molecule has 0 aromatic rings. The van der Waals surface area contributed by atoms with Gasteiger partial charge in [-0.15, -0.1) is 0 Å². The predicted molar refractivity (Wildman–Crippen MR) is 68.8 cm³/mol. The Bertz CT molecular complexity index is 210. The molecule has 2 fully saturated rings. The largest absolute Gasteiger partial charge is 0.398 e. The molecule has 0 aromatic heterocycles. The van der Waals surface area contributed by atoms with Gasteiger partial charge in [-0.1, -0.05) is 25.7 Å². The van der Waals surface area contributed by atoms with Crippen LogP contribution in [-0.4, -0.2) is 22.3 Å². The van der Waals surface area contributed by atoms with Crippen molar-refractivity contribution in [2.75, 3.05) is 13.7 Å². The molecule has 2 nitrogen and oxygen atoms in total. The van der Waals surface area contributed by atoms with E-state index in [4.69, 9.17) is 8.85 Å². The number of hydrogen-bond acceptors (Lipinski definition) is 2. The monoisotopic (exact) mass is 242 g/mol. The third kappa shape index (κ3) is 2.87. The van der Waals surface area contributed by atoms with Crippen LogP contribution in [0.1, 0.15) is 51.4 Å². The van der Waals surface area contributed by atoms with Crippen LogP contribution in [0.3, 0.4) is 0 Å². The summed E-state index contributed by atoms with van der Waals surface area (Å²) in [5, 5.41) is 0. The van der Waals surface area contributed by atoms with Crippen molar-refractivity contribution in [1.29, 1.82) is 0 Å². The smallest absolute Gasteiger partial charge is 0.337 e. The highest BCUT2D eigenvalue weighted by Crippen LogP contribution is 2.40. The topological polar surface area (TPSA) is 18.5 Å². The molecule has 0 amide bonds. The highest BCUT2D eigenvalue weighted by molar-refractivity contribution is 6.67. The molecular formula is C13H26O2Si. The maximum atomic E-state index is 6.26. The first-order chi connectivity index (χ1) is 7.74. The summed E-state index contributed by atoms with van der Waals surface area (Å²) in [5.41, 5.74) is 0.749. The Labute approximate surface area is 101 Å². The van der Waals surface area contributed by atoms with Gasteiger partial charge in [0.15, 0.2) is 0 Å². The molecule has 0 N–H and O–H groups in total. The fraction of sp³-hybridized carbons (Fsp3) is 1.00. The van der Waals surface area contributed by atoms with Gasteiger partial charge < -0.3 is 8.85 Å². The molecule has 0 heterocycles. The molecule has 0 spiro atoms. The van der Waals surface area contributed by atoms with Gasteiger partial charge in [0.05, 0.1) is 0 Å². The van der Waals surface area contributed by atoms with Crippen LogP contribution in [0.15, 0.2) is 0 Å². The van der Waals surface area contributed by atoms with Crippen LogP contribution in [0.25, 0.3) is 0 Å². The molecule has 1 unspecified atom stereocenters. The van der Waals surface area contributed by atoms with Crippen molar-refractivity contribution < 1.29 is 8.85 Å². The zero-order chi connectivity index (χ0) is 11.4. The first-order valence-electron chi connectivity index (χ1n) is 6.94. The summed E-state index contributed by atoms with van der Waals surface area (Å²) in [6, 6.07) is 0. The second kappa shape index (κ2) is 5.65. The van der Waals surface area contributed by atoms with Crippen molar-refractivity contribution in [3.63, 3.8) is 0 Å². The SMILES string of the molecule is CO[Si](C)(OCC1CCCC1)C1CCCC1. The standard InChI is InChI=1S/C13H26O2Si/c1-14-16(2,13-9-5-6-10-13)15-11-12-7-3-4-8-12/h12-13H,3-11H2,1-2H3. The third-order valence-electron chi connectivity index (χ3n) is 4.58. The highest BCUT2D eigenvalue weighted by atomic mass is 28.4. The summed E-state index contributed by atoms with van der Waals surface area (Å²) in [4.78, 5) is 0. The van der Waals surface area contributed by atoms with Gasteiger partial charge in [0, 0.05) is 19.3 Å². The lowest BCUT2D eigenvalue weighted by Crippen LogP contribution is -2.43. The van der Waals surface area contributed by atoms with Gasteiger partial charge in [-0.3, -0.25) is 0 Å². The quantitative estimate of drug-likeness (QED) is 0.682. The van der Waals surface area contributed by atoms with Gasteiger partial charge in [0.2, 0.25) is 0 Å². The Morgan fingerprint density at radius 3 is 2.12 bits per heavy atom. The molecule has 2 rings (SSSR count). The summed E-state index contributed by atoms with van der Waals surface area (Å²) in [5.74, 6) is 0.823. The van der Waals surface area contributed by atoms with Gasteiger partial charge in [0.25, 0.3) is 0 Å². The molecule has 2 aliphatic carbocycles. The lowest BCUT2D eigenvalue weighted by Gasteiger charge is -2.31. The number of hydrogen-bond donors (Lipinski definition) is 0. The molecular weight excluding hydrogens is 216 g/mol. The Balaban J connectivity index is 1.82. The zero-order valence-corrected chi connectivity index (χ0v) is 11.8. The van der Waals surface area contributed by atoms with Crippen molar-refractivity contribution in [1.82, 2.24) is 0 Å². The van der Waals surface area contributed by atoms with Crippen LogP contribution in [0.5, 0.6) is 0 Å². The molecule has 0 aromatic carbocycles. The van der Waals surface area contributed by atoms with Crippen LogP contribution in [0.4, 0.5) is 0 Å². The van der Waals surface area contributed by atoms with Crippen molar-refractivity contribution in [2.24, 2.45) is 5.92 Å². The average Bonchev–Trinajstić information content (AvgIpc) is 2.98. The Kier molecular flexibility index (Phi) is 4.45. The second-order valence-electron chi connectivity index (χ2n) is 5.66. The van der Waals surface area contributed by atoms with E-state index in [0.29, 0.717) is 0 Å². The summed E-state index contributed by atoms with van der Waals surface area (Å²) in [6.45, 7) is 3.24. The van der Waals surface area contributed by atoms with Gasteiger partial charge in [-0.25, -0.2) is 0 Å². The van der Waals surface area contributed by atoms with Gasteiger partial charge in [-0.05, 0) is 38.1 Å². The molecule has 0 bridgehead atoms. The Morgan fingerprint density at radius 2 is 1.56 bits per heavy atom. The summed E-state index contributed by atoms with van der Waals surface area (Å²) < 4.78 is 12.1. The maximum Gasteiger partial charge on any atom is 0.337 e. The molecule has 0 aliphatic heterocycles. The first-order valence-corrected chi connectivity index (χ1v) is 9.33. The maximum absolute atomic E-state index is 6.26. The fourth-order valence-corrected chi connectivity index (χ4v) is 5.96. The van der Waals surface area contributed by atoms with Crippen molar-refractivity contribution in [2.45, 2.75) is 63.5 Å². The Hall–Kier alpha value is 0.137. The van der Waals surface area contributed by atoms with E-state index in [1.165, 1.54) is 51.4 Å². The molecule has 94 valence electrons. The second-order valence-corrected chi connectivity index (χ2v) is 9.21. The third-order valence-corrected chi connectivity index (χ3v) is 8.19. The lowest BCUT2D eigenvalue weighted by molar-refractivity contribution is 0.163. The van der Waals surface area contributed by atoms with E-state index in [-0.39, 0.29) is 0 Å². The van der Waals surface area contributed by atoms with Crippen LogP contribution >= 0.6 is 0 Å². The molecule has 2 aliphatic rings. The van der Waals surface area contributed by atoms with Crippen LogP contribution in [0.2, 0.25) is 12.1 Å². The van der Waals surface area contributed by atoms with Crippen molar-refractivity contribution >= 4 is 8.56 Å². The van der Waals surface area contributed by atoms with Crippen LogP contribution in [0, 0.1) is 5.92 Å². The first kappa shape index (κ1) is 12.6. The minimum Gasteiger partial charge on any atom is -0.398 e. The molecule has 0 radical (unpaired) electrons. The van der Waals surface area contributed by atoms with Crippen molar-refractivity contribution in [3.8, 4) is 0 Å². The minimum absolute atomic E-state index is 0.749. The number of rotatable bonds is 5. The van der Waals surface area contributed by atoms with Crippen LogP contribution in [-0.2, 0) is 8.85 Å². The Morgan fingerprint density at radius 1 is 1.00 bits per heavy atom. The minimum atomic E-state index is -1.86. The van der Waals surface area contributed by atoms with Gasteiger partial charge >= 0.3 is 8.56 Å². The molecule has 1 atom stereocenters. The summed E-state index contributed by atoms with van der Waals surface area (Å²) >= 11 is 0. The van der Waals surface area contributed by atoms with E-state index < -0.39 is 8.56 Å². The zero-order valence-electron chi connectivity index (χ0n) is 10.8. The molecule has 2 saturated carbocycles.